The van der Waals surface area contributed by atoms with Gasteiger partial charge in [-0.15, -0.1) is 0 Å². The smallest absolute Gasteiger partial charge is 0.251 e. The van der Waals surface area contributed by atoms with Gasteiger partial charge in [0.2, 0.25) is 0 Å². The van der Waals surface area contributed by atoms with Crippen LogP contribution in [0.5, 0.6) is 0 Å². The third-order valence-corrected chi connectivity index (χ3v) is 4.35. The second kappa shape index (κ2) is 6.48. The molecular weight excluding hydrogens is 280 g/mol. The molecular formula is C17H22N2O3. The number of hydrogen-bond donors (Lipinski definition) is 3. The van der Waals surface area contributed by atoms with E-state index in [4.69, 9.17) is 0 Å². The summed E-state index contributed by atoms with van der Waals surface area (Å²) in [5.41, 5.74) is 1.15. The highest BCUT2D eigenvalue weighted by Gasteiger charge is 2.24. The lowest BCUT2D eigenvalue weighted by Crippen LogP contribution is -2.38. The zero-order valence-corrected chi connectivity index (χ0v) is 12.5. The number of hydrogen-bond acceptors (Lipinski definition) is 3. The molecule has 2 saturated carbocycles. The maximum atomic E-state index is 12.2. The number of aliphatic hydroxyl groups excluding tert-OH is 1. The fourth-order valence-corrected chi connectivity index (χ4v) is 2.76. The van der Waals surface area contributed by atoms with Gasteiger partial charge in [-0.25, -0.2) is 0 Å². The van der Waals surface area contributed by atoms with Crippen molar-refractivity contribution in [3.8, 4) is 0 Å². The molecule has 0 spiro atoms. The number of amides is 2. The van der Waals surface area contributed by atoms with Crippen molar-refractivity contribution in [1.29, 1.82) is 0 Å². The number of rotatable bonds is 4. The second-order valence-corrected chi connectivity index (χ2v) is 6.30. The van der Waals surface area contributed by atoms with Gasteiger partial charge in [-0.1, -0.05) is 0 Å². The van der Waals surface area contributed by atoms with Crippen LogP contribution in [-0.2, 0) is 0 Å². The Morgan fingerprint density at radius 2 is 1.14 bits per heavy atom. The van der Waals surface area contributed by atoms with E-state index < -0.39 is 0 Å². The molecule has 0 unspecified atom stereocenters. The summed E-state index contributed by atoms with van der Waals surface area (Å²) in [7, 11) is 0. The van der Waals surface area contributed by atoms with E-state index in [1.54, 1.807) is 24.3 Å². The van der Waals surface area contributed by atoms with Crippen molar-refractivity contribution in [2.24, 2.45) is 0 Å². The van der Waals surface area contributed by atoms with E-state index in [9.17, 15) is 14.7 Å². The van der Waals surface area contributed by atoms with Gasteiger partial charge in [-0.3, -0.25) is 9.59 Å². The van der Waals surface area contributed by atoms with E-state index >= 15 is 0 Å². The van der Waals surface area contributed by atoms with Crippen LogP contribution in [0, 0.1) is 0 Å². The molecule has 3 N–H and O–H groups in total. The van der Waals surface area contributed by atoms with Gasteiger partial charge in [0, 0.05) is 23.2 Å². The van der Waals surface area contributed by atoms with Crippen LogP contribution in [-0.4, -0.2) is 35.1 Å². The second-order valence-electron chi connectivity index (χ2n) is 6.30. The lowest BCUT2D eigenvalue weighted by atomic mass is 9.93. The highest BCUT2D eigenvalue weighted by Crippen LogP contribution is 2.20. The van der Waals surface area contributed by atoms with Crippen LogP contribution in [0.25, 0.3) is 0 Å². The Labute approximate surface area is 130 Å². The summed E-state index contributed by atoms with van der Waals surface area (Å²) >= 11 is 0. The maximum Gasteiger partial charge on any atom is 0.251 e. The first-order chi connectivity index (χ1) is 10.6. The number of nitrogens with one attached hydrogen (secondary N) is 2. The SMILES string of the molecule is O=C(NC1CCC(O)CC1)c1ccc(C(=O)NC2CC2)cc1. The maximum absolute atomic E-state index is 12.2. The zero-order valence-electron chi connectivity index (χ0n) is 12.5. The van der Waals surface area contributed by atoms with Crippen LogP contribution < -0.4 is 10.6 Å². The van der Waals surface area contributed by atoms with E-state index in [0.29, 0.717) is 17.2 Å². The third-order valence-electron chi connectivity index (χ3n) is 4.35. The fourth-order valence-electron chi connectivity index (χ4n) is 2.76. The molecule has 0 bridgehead atoms. The highest BCUT2D eigenvalue weighted by atomic mass is 16.3. The molecule has 2 aliphatic rings. The van der Waals surface area contributed by atoms with Crippen LogP contribution >= 0.6 is 0 Å². The van der Waals surface area contributed by atoms with Crippen LogP contribution in [0.3, 0.4) is 0 Å². The van der Waals surface area contributed by atoms with Gasteiger partial charge >= 0.3 is 0 Å². The molecule has 0 aromatic heterocycles. The Bertz CT molecular complexity index is 544. The first-order valence-corrected chi connectivity index (χ1v) is 8.01. The average molecular weight is 302 g/mol. The van der Waals surface area contributed by atoms with Crippen LogP contribution in [0.1, 0.15) is 59.2 Å². The summed E-state index contributed by atoms with van der Waals surface area (Å²) in [5, 5.41) is 15.4. The molecule has 0 saturated heterocycles. The molecule has 5 nitrogen and oxygen atoms in total. The Hall–Kier alpha value is -1.88. The largest absolute Gasteiger partial charge is 0.393 e. The fraction of sp³-hybridized carbons (Fsp3) is 0.529. The van der Waals surface area contributed by atoms with E-state index in [0.717, 1.165) is 38.5 Å². The summed E-state index contributed by atoms with van der Waals surface area (Å²) in [6.07, 6.45) is 5.00. The van der Waals surface area contributed by atoms with Crippen molar-refractivity contribution in [3.05, 3.63) is 35.4 Å². The summed E-state index contributed by atoms with van der Waals surface area (Å²) in [6.45, 7) is 0. The average Bonchev–Trinajstić information content (AvgIpc) is 3.33. The Balaban J connectivity index is 1.55. The van der Waals surface area contributed by atoms with E-state index in [-0.39, 0.29) is 24.0 Å². The van der Waals surface area contributed by atoms with Crippen LogP contribution in [0.2, 0.25) is 0 Å². The number of benzene rings is 1. The van der Waals surface area contributed by atoms with Crippen molar-refractivity contribution in [3.63, 3.8) is 0 Å². The van der Waals surface area contributed by atoms with Gasteiger partial charge in [-0.05, 0) is 62.8 Å². The molecule has 2 fully saturated rings. The Kier molecular flexibility index (Phi) is 4.43. The monoisotopic (exact) mass is 302 g/mol. The minimum absolute atomic E-state index is 0.0734. The summed E-state index contributed by atoms with van der Waals surface area (Å²) in [5.74, 6) is -0.189. The normalized spacial score (nSPS) is 24.6. The predicted octanol–water partition coefficient (Wildman–Crippen LogP) is 1.61. The first-order valence-electron chi connectivity index (χ1n) is 8.01. The minimum Gasteiger partial charge on any atom is -0.393 e. The molecule has 0 heterocycles. The molecule has 1 aromatic rings. The number of carbonyl (C=O) groups is 2. The molecule has 22 heavy (non-hydrogen) atoms. The zero-order chi connectivity index (χ0) is 15.5. The topological polar surface area (TPSA) is 78.4 Å². The molecule has 0 radical (unpaired) electrons. The van der Waals surface area contributed by atoms with Gasteiger partial charge in [0.25, 0.3) is 11.8 Å². The summed E-state index contributed by atoms with van der Waals surface area (Å²) in [6, 6.07) is 7.23. The summed E-state index contributed by atoms with van der Waals surface area (Å²) in [4.78, 5) is 24.1. The van der Waals surface area contributed by atoms with Gasteiger partial charge in [0.05, 0.1) is 6.10 Å². The molecule has 2 aliphatic carbocycles. The number of aliphatic hydroxyl groups is 1. The van der Waals surface area contributed by atoms with Gasteiger partial charge in [-0.2, -0.15) is 0 Å². The minimum atomic E-state index is -0.225. The molecule has 0 aliphatic heterocycles. The van der Waals surface area contributed by atoms with Crippen molar-refractivity contribution < 1.29 is 14.7 Å². The van der Waals surface area contributed by atoms with Gasteiger partial charge in [0.1, 0.15) is 0 Å². The molecule has 5 heteroatoms. The quantitative estimate of drug-likeness (QED) is 0.790. The Morgan fingerprint density at radius 3 is 1.50 bits per heavy atom. The van der Waals surface area contributed by atoms with Crippen LogP contribution in [0.4, 0.5) is 0 Å². The van der Waals surface area contributed by atoms with Crippen molar-refractivity contribution in [2.75, 3.05) is 0 Å². The van der Waals surface area contributed by atoms with Gasteiger partial charge in [0.15, 0.2) is 0 Å². The highest BCUT2D eigenvalue weighted by molar-refractivity contribution is 5.98. The van der Waals surface area contributed by atoms with Crippen molar-refractivity contribution in [2.45, 2.75) is 56.7 Å². The first kappa shape index (κ1) is 15.0. The van der Waals surface area contributed by atoms with Crippen molar-refractivity contribution in [1.82, 2.24) is 10.6 Å². The molecule has 3 rings (SSSR count). The molecule has 1 aromatic carbocycles. The predicted molar refractivity (Wildman–Crippen MR) is 82.7 cm³/mol. The van der Waals surface area contributed by atoms with E-state index in [2.05, 4.69) is 10.6 Å². The molecule has 2 amide bonds. The third kappa shape index (κ3) is 3.85. The summed E-state index contributed by atoms with van der Waals surface area (Å²) < 4.78 is 0. The lowest BCUT2D eigenvalue weighted by molar-refractivity contribution is 0.0866. The van der Waals surface area contributed by atoms with E-state index in [1.165, 1.54) is 0 Å². The number of carbonyl (C=O) groups excluding carboxylic acids is 2. The van der Waals surface area contributed by atoms with Crippen LogP contribution in [0.15, 0.2) is 24.3 Å². The standard InChI is InChI=1S/C17H22N2O3/c20-15-9-7-14(8-10-15)19-17(22)12-3-1-11(2-4-12)16(21)18-13-5-6-13/h1-4,13-15,20H,5-10H2,(H,18,21)(H,19,22). The van der Waals surface area contributed by atoms with Crippen molar-refractivity contribution >= 4 is 11.8 Å². The lowest BCUT2D eigenvalue weighted by Gasteiger charge is -2.26. The van der Waals surface area contributed by atoms with Gasteiger partial charge < -0.3 is 15.7 Å². The Morgan fingerprint density at radius 1 is 0.773 bits per heavy atom. The molecule has 0 atom stereocenters. The molecule has 118 valence electrons. The van der Waals surface area contributed by atoms with E-state index in [1.807, 2.05) is 0 Å².